The molecule has 29 heavy (non-hydrogen) atoms. The second-order valence-electron chi connectivity index (χ2n) is 6.24. The highest BCUT2D eigenvalue weighted by Crippen LogP contribution is 2.26. The third kappa shape index (κ3) is 3.93. The summed E-state index contributed by atoms with van der Waals surface area (Å²) in [4.78, 5) is 12.2. The van der Waals surface area contributed by atoms with Crippen LogP contribution in [-0.4, -0.2) is 26.1 Å². The number of esters is 1. The smallest absolute Gasteiger partial charge is 0.357 e. The Kier molecular flexibility index (Phi) is 5.30. The van der Waals surface area contributed by atoms with Crippen LogP contribution in [0, 0.1) is 18.3 Å². The summed E-state index contributed by atoms with van der Waals surface area (Å²) in [6, 6.07) is 14.7. The van der Waals surface area contributed by atoms with Crippen LogP contribution < -0.4 is 10.5 Å². The molecule has 0 spiro atoms. The second kappa shape index (κ2) is 7.69. The normalized spacial score (nSPS) is 10.9. The molecule has 0 aliphatic rings. The lowest BCUT2D eigenvalue weighted by Gasteiger charge is -2.11. The average Bonchev–Trinajstić information content (AvgIpc) is 3.04. The highest BCUT2D eigenvalue weighted by Gasteiger charge is 2.22. The van der Waals surface area contributed by atoms with E-state index in [1.54, 1.807) is 36.4 Å². The van der Waals surface area contributed by atoms with E-state index in [2.05, 4.69) is 4.72 Å². The monoisotopic (exact) mass is 410 g/mol. The number of aromatic nitrogens is 1. The highest BCUT2D eigenvalue weighted by atomic mass is 32.2. The maximum absolute atomic E-state index is 12.5. The standard InChI is InChI=1S/C20H18N4O4S/c1-13-3-9-17(10-4-13)29(26,27)23-15-5-7-16(8-6-15)24-12-14(11-21)18(22)19(24)20(25)28-2/h3-10,12,23H,22H2,1-2H3. The summed E-state index contributed by atoms with van der Waals surface area (Å²) >= 11 is 0. The van der Waals surface area contributed by atoms with Gasteiger partial charge in [-0.3, -0.25) is 4.72 Å². The largest absolute Gasteiger partial charge is 0.464 e. The fourth-order valence-electron chi connectivity index (χ4n) is 2.74. The molecule has 3 aromatic rings. The van der Waals surface area contributed by atoms with Crippen molar-refractivity contribution in [3.63, 3.8) is 0 Å². The highest BCUT2D eigenvalue weighted by molar-refractivity contribution is 7.92. The number of nitrogens with zero attached hydrogens (tertiary/aromatic N) is 2. The molecule has 1 heterocycles. The van der Waals surface area contributed by atoms with Gasteiger partial charge in [-0.2, -0.15) is 5.26 Å². The zero-order chi connectivity index (χ0) is 21.2. The Balaban J connectivity index is 1.93. The third-order valence-electron chi connectivity index (χ3n) is 4.27. The molecule has 0 saturated carbocycles. The molecule has 0 fully saturated rings. The van der Waals surface area contributed by atoms with Gasteiger partial charge in [0, 0.05) is 17.6 Å². The lowest BCUT2D eigenvalue weighted by Crippen LogP contribution is -2.13. The van der Waals surface area contributed by atoms with Crippen LogP contribution in [0.2, 0.25) is 0 Å². The first-order chi connectivity index (χ1) is 13.8. The molecule has 1 aromatic heterocycles. The third-order valence-corrected chi connectivity index (χ3v) is 5.67. The number of rotatable bonds is 5. The van der Waals surface area contributed by atoms with E-state index < -0.39 is 16.0 Å². The molecule has 0 aliphatic carbocycles. The molecular weight excluding hydrogens is 392 g/mol. The number of aryl methyl sites for hydroxylation is 1. The summed E-state index contributed by atoms with van der Waals surface area (Å²) in [6.07, 6.45) is 1.42. The number of carbonyl (C=O) groups is 1. The van der Waals surface area contributed by atoms with E-state index in [4.69, 9.17) is 10.5 Å². The Morgan fingerprint density at radius 3 is 2.31 bits per heavy atom. The van der Waals surface area contributed by atoms with Crippen molar-refractivity contribution in [3.8, 4) is 11.8 Å². The van der Waals surface area contributed by atoms with Crippen LogP contribution in [0.5, 0.6) is 0 Å². The number of sulfonamides is 1. The van der Waals surface area contributed by atoms with Crippen molar-refractivity contribution < 1.29 is 17.9 Å². The topological polar surface area (TPSA) is 127 Å². The van der Waals surface area contributed by atoms with Crippen LogP contribution in [0.25, 0.3) is 5.69 Å². The molecule has 148 valence electrons. The number of hydrogen-bond acceptors (Lipinski definition) is 6. The van der Waals surface area contributed by atoms with E-state index in [0.717, 1.165) is 5.56 Å². The van der Waals surface area contributed by atoms with Crippen molar-refractivity contribution in [1.82, 2.24) is 4.57 Å². The first-order valence-corrected chi connectivity index (χ1v) is 9.94. The first-order valence-electron chi connectivity index (χ1n) is 8.46. The van der Waals surface area contributed by atoms with E-state index in [1.807, 2.05) is 13.0 Å². The summed E-state index contributed by atoms with van der Waals surface area (Å²) in [6.45, 7) is 1.87. The molecule has 0 aliphatic heterocycles. The van der Waals surface area contributed by atoms with E-state index in [9.17, 15) is 18.5 Å². The van der Waals surface area contributed by atoms with Gasteiger partial charge in [0.2, 0.25) is 0 Å². The summed E-state index contributed by atoms with van der Waals surface area (Å²) in [7, 11) is -2.52. The number of nitrogens with two attached hydrogens (primary N) is 1. The van der Waals surface area contributed by atoms with E-state index >= 15 is 0 Å². The van der Waals surface area contributed by atoms with E-state index in [0.29, 0.717) is 11.4 Å². The van der Waals surface area contributed by atoms with Crippen molar-refractivity contribution in [2.24, 2.45) is 0 Å². The first kappa shape index (κ1) is 20.0. The van der Waals surface area contributed by atoms with Gasteiger partial charge in [-0.25, -0.2) is 13.2 Å². The molecule has 0 unspecified atom stereocenters. The molecule has 9 heteroatoms. The van der Waals surface area contributed by atoms with Crippen LogP contribution in [0.4, 0.5) is 11.4 Å². The molecule has 3 N–H and O–H groups in total. The van der Waals surface area contributed by atoms with Crippen LogP contribution in [-0.2, 0) is 14.8 Å². The molecular formula is C20H18N4O4S. The predicted molar refractivity (Wildman–Crippen MR) is 108 cm³/mol. The Morgan fingerprint density at radius 1 is 1.14 bits per heavy atom. The number of carbonyl (C=O) groups excluding carboxylic acids is 1. The van der Waals surface area contributed by atoms with Crippen LogP contribution in [0.1, 0.15) is 21.6 Å². The fourth-order valence-corrected chi connectivity index (χ4v) is 3.80. The lowest BCUT2D eigenvalue weighted by molar-refractivity contribution is 0.0593. The number of nitrogen functional groups attached to an aromatic ring is 1. The van der Waals surface area contributed by atoms with Crippen molar-refractivity contribution >= 4 is 27.4 Å². The average molecular weight is 410 g/mol. The minimum atomic E-state index is -3.73. The molecule has 0 saturated heterocycles. The van der Waals surface area contributed by atoms with Gasteiger partial charge in [0.1, 0.15) is 6.07 Å². The maximum atomic E-state index is 12.5. The van der Waals surface area contributed by atoms with Crippen LogP contribution in [0.3, 0.4) is 0 Å². The van der Waals surface area contributed by atoms with E-state index in [1.165, 1.54) is 30.0 Å². The van der Waals surface area contributed by atoms with Gasteiger partial charge in [0.25, 0.3) is 10.0 Å². The molecule has 0 amide bonds. The van der Waals surface area contributed by atoms with Gasteiger partial charge in [0.15, 0.2) is 5.69 Å². The second-order valence-corrected chi connectivity index (χ2v) is 7.93. The molecule has 0 radical (unpaired) electrons. The number of hydrogen-bond donors (Lipinski definition) is 2. The summed E-state index contributed by atoms with van der Waals surface area (Å²) < 4.78 is 33.7. The van der Waals surface area contributed by atoms with Gasteiger partial charge < -0.3 is 15.0 Å². The Bertz CT molecular complexity index is 1210. The minimum Gasteiger partial charge on any atom is -0.464 e. The molecule has 0 atom stereocenters. The number of methoxy groups -OCH3 is 1. The molecule has 2 aromatic carbocycles. The van der Waals surface area contributed by atoms with Crippen molar-refractivity contribution in [2.75, 3.05) is 17.6 Å². The van der Waals surface area contributed by atoms with Gasteiger partial charge >= 0.3 is 5.97 Å². The summed E-state index contributed by atoms with van der Waals surface area (Å²) in [5.41, 5.74) is 7.87. The lowest BCUT2D eigenvalue weighted by atomic mass is 10.2. The SMILES string of the molecule is COC(=O)c1c(N)c(C#N)cn1-c1ccc(NS(=O)(=O)c2ccc(C)cc2)cc1. The van der Waals surface area contributed by atoms with Crippen molar-refractivity contribution in [3.05, 3.63) is 71.5 Å². The Morgan fingerprint density at radius 2 is 1.76 bits per heavy atom. The molecule has 8 nitrogen and oxygen atoms in total. The Labute approximate surface area is 168 Å². The van der Waals surface area contributed by atoms with Gasteiger partial charge in [-0.05, 0) is 43.3 Å². The zero-order valence-electron chi connectivity index (χ0n) is 15.7. The fraction of sp³-hybridized carbons (Fsp3) is 0.100. The number of anilines is 2. The predicted octanol–water partition coefficient (Wildman–Crippen LogP) is 2.83. The summed E-state index contributed by atoms with van der Waals surface area (Å²) in [5, 5.41) is 9.18. The zero-order valence-corrected chi connectivity index (χ0v) is 16.5. The number of ether oxygens (including phenoxy) is 1. The van der Waals surface area contributed by atoms with Crippen LogP contribution >= 0.6 is 0 Å². The number of nitriles is 1. The van der Waals surface area contributed by atoms with Gasteiger partial charge in [-0.1, -0.05) is 17.7 Å². The Hall–Kier alpha value is -3.77. The number of nitrogens with one attached hydrogen (secondary N) is 1. The quantitative estimate of drug-likeness (QED) is 0.623. The van der Waals surface area contributed by atoms with Crippen molar-refractivity contribution in [2.45, 2.75) is 11.8 Å². The van der Waals surface area contributed by atoms with Gasteiger partial charge in [0.05, 0.1) is 23.3 Å². The van der Waals surface area contributed by atoms with Crippen molar-refractivity contribution in [1.29, 1.82) is 5.26 Å². The maximum Gasteiger partial charge on any atom is 0.357 e. The van der Waals surface area contributed by atoms with Gasteiger partial charge in [-0.15, -0.1) is 0 Å². The number of benzene rings is 2. The molecule has 3 rings (SSSR count). The van der Waals surface area contributed by atoms with Crippen LogP contribution in [0.15, 0.2) is 59.6 Å². The summed E-state index contributed by atoms with van der Waals surface area (Å²) in [5.74, 6) is -0.687. The molecule has 0 bridgehead atoms. The minimum absolute atomic E-state index is 0.0171. The van der Waals surface area contributed by atoms with E-state index in [-0.39, 0.29) is 21.8 Å².